The second kappa shape index (κ2) is 11.9. The monoisotopic (exact) mass is 650 g/mol. The first-order chi connectivity index (χ1) is 25.2. The summed E-state index contributed by atoms with van der Waals surface area (Å²) >= 11 is 0. The minimum Gasteiger partial charge on any atom is -0.455 e. The fraction of sp³-hybridized carbons (Fsp3) is 0. The summed E-state index contributed by atoms with van der Waals surface area (Å²) in [5.41, 5.74) is 10.8. The quantitative estimate of drug-likeness (QED) is 0.186. The van der Waals surface area contributed by atoms with Crippen LogP contribution in [0.3, 0.4) is 0 Å². The second-order valence-corrected chi connectivity index (χ2v) is 13.0. The molecule has 0 aliphatic heterocycles. The lowest BCUT2D eigenvalue weighted by Gasteiger charge is -2.12. The van der Waals surface area contributed by atoms with Gasteiger partial charge in [-0.05, 0) is 74.1 Å². The van der Waals surface area contributed by atoms with E-state index in [0.717, 1.165) is 66.5 Å². The standard InChI is InChI=1S/C48H30N2O/c1-3-13-35(14-4-1)43-30-44(36-15-5-2-6-16-36)50-48(49-43)42-29-39(28-41-46-40-18-10-9-12-34(40)25-26-45(46)51-47(41)42)33-21-19-32(20-22-33)38-24-23-31-11-7-8-17-37(31)27-38/h1-30H. The Morgan fingerprint density at radius 2 is 0.922 bits per heavy atom. The van der Waals surface area contributed by atoms with Crippen molar-refractivity contribution in [2.24, 2.45) is 0 Å². The average molecular weight is 651 g/mol. The minimum atomic E-state index is 0.623. The van der Waals surface area contributed by atoms with Crippen molar-refractivity contribution in [1.82, 2.24) is 9.97 Å². The van der Waals surface area contributed by atoms with Gasteiger partial charge in [0.2, 0.25) is 0 Å². The van der Waals surface area contributed by atoms with Crippen molar-refractivity contribution in [1.29, 1.82) is 0 Å². The van der Waals surface area contributed by atoms with Crippen molar-refractivity contribution in [2.45, 2.75) is 0 Å². The Kier molecular flexibility index (Phi) is 6.81. The predicted molar refractivity (Wildman–Crippen MR) is 212 cm³/mol. The summed E-state index contributed by atoms with van der Waals surface area (Å²) in [4.78, 5) is 10.4. The smallest absolute Gasteiger partial charge is 0.164 e. The normalized spacial score (nSPS) is 11.5. The first-order valence-electron chi connectivity index (χ1n) is 17.2. The molecule has 10 rings (SSSR count). The van der Waals surface area contributed by atoms with Crippen molar-refractivity contribution in [2.75, 3.05) is 0 Å². The van der Waals surface area contributed by atoms with Crippen LogP contribution in [0, 0.1) is 0 Å². The number of benzene rings is 8. The van der Waals surface area contributed by atoms with Crippen LogP contribution in [0.1, 0.15) is 0 Å². The number of hydrogen-bond acceptors (Lipinski definition) is 3. The molecule has 0 aliphatic carbocycles. The zero-order chi connectivity index (χ0) is 33.7. The zero-order valence-electron chi connectivity index (χ0n) is 27.6. The predicted octanol–water partition coefficient (Wildman–Crippen LogP) is 13.0. The van der Waals surface area contributed by atoms with Gasteiger partial charge in [0.15, 0.2) is 5.82 Å². The van der Waals surface area contributed by atoms with Gasteiger partial charge in [0.1, 0.15) is 11.2 Å². The van der Waals surface area contributed by atoms with E-state index >= 15 is 0 Å². The number of furan rings is 1. The molecule has 0 fully saturated rings. The molecule has 2 aromatic heterocycles. The van der Waals surface area contributed by atoms with E-state index in [-0.39, 0.29) is 0 Å². The Balaban J connectivity index is 1.21. The molecule has 0 aliphatic rings. The molecule has 0 N–H and O–H groups in total. The van der Waals surface area contributed by atoms with Gasteiger partial charge in [0.25, 0.3) is 0 Å². The summed E-state index contributed by atoms with van der Waals surface area (Å²) < 4.78 is 6.76. The van der Waals surface area contributed by atoms with E-state index in [4.69, 9.17) is 14.4 Å². The van der Waals surface area contributed by atoms with Gasteiger partial charge in [-0.1, -0.05) is 152 Å². The molecule has 2 heterocycles. The van der Waals surface area contributed by atoms with Gasteiger partial charge in [-0.25, -0.2) is 9.97 Å². The maximum absolute atomic E-state index is 6.76. The molecule has 0 saturated heterocycles. The molecule has 0 radical (unpaired) electrons. The molecule has 0 unspecified atom stereocenters. The SMILES string of the molecule is c1ccc(-c2cc(-c3ccccc3)nc(-c3cc(-c4ccc(-c5ccc6ccccc6c5)cc4)cc4c3oc3ccc5ccccc5c34)n2)cc1. The maximum atomic E-state index is 6.76. The van der Waals surface area contributed by atoms with Crippen LogP contribution < -0.4 is 0 Å². The van der Waals surface area contributed by atoms with Crippen molar-refractivity contribution in [3.63, 3.8) is 0 Å². The molecular formula is C48H30N2O. The van der Waals surface area contributed by atoms with E-state index in [2.05, 4.69) is 146 Å². The fourth-order valence-corrected chi connectivity index (χ4v) is 7.29. The van der Waals surface area contributed by atoms with Gasteiger partial charge < -0.3 is 4.42 Å². The Bertz CT molecular complexity index is 2830. The number of fused-ring (bicyclic) bond motifs is 6. The highest BCUT2D eigenvalue weighted by molar-refractivity contribution is 6.21. The second-order valence-electron chi connectivity index (χ2n) is 13.0. The summed E-state index contributed by atoms with van der Waals surface area (Å²) in [6.45, 7) is 0. The van der Waals surface area contributed by atoms with Crippen molar-refractivity contribution in [3.8, 4) is 56.2 Å². The van der Waals surface area contributed by atoms with Crippen LogP contribution in [0.4, 0.5) is 0 Å². The maximum Gasteiger partial charge on any atom is 0.164 e. The van der Waals surface area contributed by atoms with Crippen LogP contribution in [0.15, 0.2) is 186 Å². The number of hydrogen-bond donors (Lipinski definition) is 0. The van der Waals surface area contributed by atoms with Gasteiger partial charge in [-0.2, -0.15) is 0 Å². The van der Waals surface area contributed by atoms with Gasteiger partial charge in [-0.3, -0.25) is 0 Å². The van der Waals surface area contributed by atoms with Crippen LogP contribution in [-0.4, -0.2) is 9.97 Å². The van der Waals surface area contributed by atoms with E-state index in [1.807, 2.05) is 36.4 Å². The topological polar surface area (TPSA) is 38.9 Å². The third kappa shape index (κ3) is 5.15. The Morgan fingerprint density at radius 1 is 0.353 bits per heavy atom. The zero-order valence-corrected chi connectivity index (χ0v) is 27.6. The van der Waals surface area contributed by atoms with Crippen LogP contribution in [-0.2, 0) is 0 Å². The molecule has 238 valence electrons. The lowest BCUT2D eigenvalue weighted by Crippen LogP contribution is -1.96. The van der Waals surface area contributed by atoms with Crippen LogP contribution >= 0.6 is 0 Å². The highest BCUT2D eigenvalue weighted by atomic mass is 16.3. The molecule has 0 amide bonds. The molecule has 51 heavy (non-hydrogen) atoms. The van der Waals surface area contributed by atoms with Crippen LogP contribution in [0.2, 0.25) is 0 Å². The average Bonchev–Trinajstić information content (AvgIpc) is 3.60. The Labute approximate surface area is 295 Å². The molecule has 8 aromatic carbocycles. The molecule has 0 spiro atoms. The number of rotatable bonds is 5. The van der Waals surface area contributed by atoms with Gasteiger partial charge in [0, 0.05) is 21.9 Å². The summed E-state index contributed by atoms with van der Waals surface area (Å²) in [6, 6.07) is 63.9. The first kappa shape index (κ1) is 29.1. The van der Waals surface area contributed by atoms with E-state index in [1.165, 1.54) is 27.3 Å². The van der Waals surface area contributed by atoms with Crippen molar-refractivity contribution in [3.05, 3.63) is 182 Å². The van der Waals surface area contributed by atoms with E-state index < -0.39 is 0 Å². The molecule has 0 bridgehead atoms. The van der Waals surface area contributed by atoms with E-state index in [1.54, 1.807) is 0 Å². The minimum absolute atomic E-state index is 0.623. The lowest BCUT2D eigenvalue weighted by molar-refractivity contribution is 0.670. The summed E-state index contributed by atoms with van der Waals surface area (Å²) in [5.74, 6) is 0.623. The summed E-state index contributed by atoms with van der Waals surface area (Å²) in [7, 11) is 0. The third-order valence-corrected chi connectivity index (χ3v) is 9.87. The van der Waals surface area contributed by atoms with Crippen molar-refractivity contribution < 1.29 is 4.42 Å². The van der Waals surface area contributed by atoms with Crippen molar-refractivity contribution >= 4 is 43.5 Å². The summed E-state index contributed by atoms with van der Waals surface area (Å²) in [6.07, 6.45) is 0. The Morgan fingerprint density at radius 3 is 1.63 bits per heavy atom. The highest BCUT2D eigenvalue weighted by Gasteiger charge is 2.20. The number of nitrogens with zero attached hydrogens (tertiary/aromatic N) is 2. The van der Waals surface area contributed by atoms with Gasteiger partial charge in [0.05, 0.1) is 17.0 Å². The largest absolute Gasteiger partial charge is 0.455 e. The first-order valence-corrected chi connectivity index (χ1v) is 17.2. The Hall–Kier alpha value is -6.84. The molecule has 3 nitrogen and oxygen atoms in total. The lowest BCUT2D eigenvalue weighted by atomic mass is 9.95. The summed E-state index contributed by atoms with van der Waals surface area (Å²) in [5, 5.41) is 6.96. The van der Waals surface area contributed by atoms with E-state index in [9.17, 15) is 0 Å². The van der Waals surface area contributed by atoms with Gasteiger partial charge in [-0.15, -0.1) is 0 Å². The highest BCUT2D eigenvalue weighted by Crippen LogP contribution is 2.42. The van der Waals surface area contributed by atoms with Crippen LogP contribution in [0.25, 0.3) is 99.6 Å². The molecule has 0 atom stereocenters. The molecule has 10 aromatic rings. The fourth-order valence-electron chi connectivity index (χ4n) is 7.29. The number of aromatic nitrogens is 2. The molecule has 0 saturated carbocycles. The molecular weight excluding hydrogens is 621 g/mol. The van der Waals surface area contributed by atoms with Crippen LogP contribution in [0.5, 0.6) is 0 Å². The van der Waals surface area contributed by atoms with Gasteiger partial charge >= 0.3 is 0 Å². The third-order valence-electron chi connectivity index (χ3n) is 9.87. The van der Waals surface area contributed by atoms with E-state index in [0.29, 0.717) is 5.82 Å². The molecule has 3 heteroatoms.